The van der Waals surface area contributed by atoms with E-state index in [2.05, 4.69) is 41.0 Å². The Morgan fingerprint density at radius 1 is 0.771 bits per heavy atom. The predicted molar refractivity (Wildman–Crippen MR) is 127 cm³/mol. The van der Waals surface area contributed by atoms with Gasteiger partial charge in [0, 0.05) is 74.7 Å². The molecule has 35 heavy (non-hydrogen) atoms. The van der Waals surface area contributed by atoms with Gasteiger partial charge in [0.15, 0.2) is 5.82 Å². The van der Waals surface area contributed by atoms with Gasteiger partial charge in [-0.05, 0) is 18.2 Å². The van der Waals surface area contributed by atoms with Gasteiger partial charge in [0.2, 0.25) is 5.95 Å². The highest BCUT2D eigenvalue weighted by atomic mass is 19.1. The normalized spacial score (nSPS) is 14.1. The number of anilines is 2. The fourth-order valence-electron chi connectivity index (χ4n) is 4.39. The summed E-state index contributed by atoms with van der Waals surface area (Å²) in [6.45, 7) is 2.79. The summed E-state index contributed by atoms with van der Waals surface area (Å²) < 4.78 is 31.8. The molecular weight excluding hydrogens is 452 g/mol. The molecule has 0 aliphatic carbocycles. The predicted octanol–water partition coefficient (Wildman–Crippen LogP) is 3.19. The fraction of sp³-hybridized carbons (Fsp3) is 0.208. The van der Waals surface area contributed by atoms with E-state index in [0.29, 0.717) is 37.7 Å². The van der Waals surface area contributed by atoms with Gasteiger partial charge in [0.1, 0.15) is 23.5 Å². The van der Waals surface area contributed by atoms with Gasteiger partial charge in [-0.1, -0.05) is 6.07 Å². The minimum atomic E-state index is -0.636. The van der Waals surface area contributed by atoms with Crippen molar-refractivity contribution in [3.05, 3.63) is 73.2 Å². The van der Waals surface area contributed by atoms with Crippen molar-refractivity contribution in [3.63, 3.8) is 0 Å². The van der Waals surface area contributed by atoms with E-state index in [1.54, 1.807) is 11.0 Å². The third-order valence-electron chi connectivity index (χ3n) is 6.18. The molecule has 1 aromatic carbocycles. The van der Waals surface area contributed by atoms with Gasteiger partial charge in [-0.3, -0.25) is 4.68 Å². The van der Waals surface area contributed by atoms with Gasteiger partial charge in [-0.2, -0.15) is 10.2 Å². The van der Waals surface area contributed by atoms with E-state index in [0.717, 1.165) is 22.5 Å². The third kappa shape index (κ3) is 3.84. The van der Waals surface area contributed by atoms with Crippen molar-refractivity contribution in [3.8, 4) is 22.3 Å². The number of rotatable bonds is 4. The lowest BCUT2D eigenvalue weighted by Gasteiger charge is -2.35. The first-order chi connectivity index (χ1) is 17.1. The maximum atomic E-state index is 14.1. The molecule has 6 rings (SSSR count). The van der Waals surface area contributed by atoms with Crippen molar-refractivity contribution in [2.45, 2.75) is 0 Å². The zero-order valence-electron chi connectivity index (χ0n) is 18.9. The molecule has 0 bridgehead atoms. The molecule has 1 fully saturated rings. The van der Waals surface area contributed by atoms with E-state index in [-0.39, 0.29) is 5.56 Å². The molecule has 4 aromatic heterocycles. The SMILES string of the molecule is Cn1cc(-c2cc3c(N4CCN(c5ncc(-c6c(F)cccc6F)cn5)CC4)ncnn3c2)cn1. The molecule has 0 radical (unpaired) electrons. The van der Waals surface area contributed by atoms with Gasteiger partial charge < -0.3 is 9.80 Å². The van der Waals surface area contributed by atoms with Crippen molar-refractivity contribution in [2.75, 3.05) is 36.0 Å². The summed E-state index contributed by atoms with van der Waals surface area (Å²) in [7, 11) is 1.89. The van der Waals surface area contributed by atoms with Crippen LogP contribution in [0.2, 0.25) is 0 Å². The van der Waals surface area contributed by atoms with Crippen LogP contribution in [0.15, 0.2) is 61.6 Å². The number of piperazine rings is 1. The second-order valence-corrected chi connectivity index (χ2v) is 8.39. The zero-order chi connectivity index (χ0) is 23.9. The van der Waals surface area contributed by atoms with Crippen LogP contribution in [0.25, 0.3) is 27.8 Å². The van der Waals surface area contributed by atoms with Crippen LogP contribution in [0.3, 0.4) is 0 Å². The van der Waals surface area contributed by atoms with Crippen LogP contribution in [0.1, 0.15) is 0 Å². The molecule has 0 atom stereocenters. The average Bonchev–Trinajstić information content (AvgIpc) is 3.51. The molecule has 1 aliphatic rings. The van der Waals surface area contributed by atoms with Gasteiger partial charge >= 0.3 is 0 Å². The standard InChI is InChI=1S/C24H21F2N9/c1-32-13-18(12-30-32)16-9-21-23(29-15-31-35(21)14-16)33-5-7-34(8-6-33)24-27-10-17(11-28-24)22-19(25)3-2-4-20(22)26/h2-4,9-15H,5-8H2,1H3. The lowest BCUT2D eigenvalue weighted by atomic mass is 10.1. The molecular formula is C24H21F2N9. The van der Waals surface area contributed by atoms with E-state index in [4.69, 9.17) is 0 Å². The topological polar surface area (TPSA) is 80.3 Å². The summed E-state index contributed by atoms with van der Waals surface area (Å²) >= 11 is 0. The highest BCUT2D eigenvalue weighted by molar-refractivity contribution is 5.77. The fourth-order valence-corrected chi connectivity index (χ4v) is 4.39. The second kappa shape index (κ2) is 8.42. The first kappa shape index (κ1) is 21.1. The van der Waals surface area contributed by atoms with Crippen molar-refractivity contribution >= 4 is 17.3 Å². The lowest BCUT2D eigenvalue weighted by Crippen LogP contribution is -2.47. The van der Waals surface area contributed by atoms with Gasteiger partial charge in [-0.25, -0.2) is 28.2 Å². The van der Waals surface area contributed by atoms with E-state index < -0.39 is 11.6 Å². The van der Waals surface area contributed by atoms with Gasteiger partial charge in [-0.15, -0.1) is 0 Å². The molecule has 0 unspecified atom stereocenters. The number of aryl methyl sites for hydroxylation is 1. The van der Waals surface area contributed by atoms with E-state index in [9.17, 15) is 8.78 Å². The molecule has 0 saturated carbocycles. The van der Waals surface area contributed by atoms with Gasteiger partial charge in [0.05, 0.1) is 11.8 Å². The number of aromatic nitrogens is 7. The lowest BCUT2D eigenvalue weighted by molar-refractivity contribution is 0.589. The summed E-state index contributed by atoms with van der Waals surface area (Å²) in [4.78, 5) is 17.6. The monoisotopic (exact) mass is 473 g/mol. The smallest absolute Gasteiger partial charge is 0.225 e. The molecule has 1 aliphatic heterocycles. The zero-order valence-corrected chi connectivity index (χ0v) is 18.9. The highest BCUT2D eigenvalue weighted by Crippen LogP contribution is 2.28. The Balaban J connectivity index is 1.19. The summed E-state index contributed by atoms with van der Waals surface area (Å²) in [6.07, 6.45) is 10.3. The van der Waals surface area contributed by atoms with E-state index in [1.807, 2.05) is 30.2 Å². The Bertz CT molecular complexity index is 1480. The maximum absolute atomic E-state index is 14.1. The second-order valence-electron chi connectivity index (χ2n) is 8.39. The molecule has 176 valence electrons. The molecule has 5 aromatic rings. The first-order valence-corrected chi connectivity index (χ1v) is 11.2. The number of benzene rings is 1. The van der Waals surface area contributed by atoms with Crippen LogP contribution in [0, 0.1) is 11.6 Å². The molecule has 0 spiro atoms. The minimum absolute atomic E-state index is 0.116. The maximum Gasteiger partial charge on any atom is 0.225 e. The summed E-state index contributed by atoms with van der Waals surface area (Å²) in [5, 5.41) is 8.62. The molecule has 1 saturated heterocycles. The molecule has 0 N–H and O–H groups in total. The van der Waals surface area contributed by atoms with Gasteiger partial charge in [0.25, 0.3) is 0 Å². The van der Waals surface area contributed by atoms with Crippen LogP contribution in [-0.4, -0.2) is 60.5 Å². The minimum Gasteiger partial charge on any atom is -0.351 e. The van der Waals surface area contributed by atoms with Crippen molar-refractivity contribution in [1.82, 2.24) is 34.3 Å². The molecule has 0 amide bonds. The number of hydrogen-bond acceptors (Lipinski definition) is 7. The van der Waals surface area contributed by atoms with Crippen molar-refractivity contribution in [2.24, 2.45) is 7.05 Å². The molecule has 11 heteroatoms. The Hall–Kier alpha value is -4.41. The van der Waals surface area contributed by atoms with Crippen LogP contribution in [0.4, 0.5) is 20.5 Å². The van der Waals surface area contributed by atoms with Crippen LogP contribution >= 0.6 is 0 Å². The average molecular weight is 473 g/mol. The largest absolute Gasteiger partial charge is 0.351 e. The van der Waals surface area contributed by atoms with Crippen LogP contribution in [0.5, 0.6) is 0 Å². The number of fused-ring (bicyclic) bond motifs is 1. The summed E-state index contributed by atoms with van der Waals surface area (Å²) in [6, 6.07) is 5.85. The summed E-state index contributed by atoms with van der Waals surface area (Å²) in [5.74, 6) is 0.118. The van der Waals surface area contributed by atoms with Crippen LogP contribution < -0.4 is 9.80 Å². The van der Waals surface area contributed by atoms with Crippen molar-refractivity contribution < 1.29 is 8.78 Å². The molecule has 9 nitrogen and oxygen atoms in total. The Kier molecular flexibility index (Phi) is 5.09. The number of hydrogen-bond donors (Lipinski definition) is 0. The Morgan fingerprint density at radius 2 is 1.49 bits per heavy atom. The Morgan fingerprint density at radius 3 is 2.17 bits per heavy atom. The number of halogens is 2. The van der Waals surface area contributed by atoms with Crippen LogP contribution in [-0.2, 0) is 7.05 Å². The highest BCUT2D eigenvalue weighted by Gasteiger charge is 2.23. The first-order valence-electron chi connectivity index (χ1n) is 11.2. The quantitative estimate of drug-likeness (QED) is 0.397. The van der Waals surface area contributed by atoms with E-state index in [1.165, 1.54) is 30.6 Å². The Labute approximate surface area is 199 Å². The summed E-state index contributed by atoms with van der Waals surface area (Å²) in [5.41, 5.74) is 3.16. The van der Waals surface area contributed by atoms with Crippen molar-refractivity contribution in [1.29, 1.82) is 0 Å². The third-order valence-corrected chi connectivity index (χ3v) is 6.18. The molecule has 5 heterocycles. The van der Waals surface area contributed by atoms with E-state index >= 15 is 0 Å². The number of nitrogens with zero attached hydrogens (tertiary/aromatic N) is 9.